The number of hydrogen-bond acceptors (Lipinski definition) is 2. The zero-order chi connectivity index (χ0) is 13.0. The maximum absolute atomic E-state index is 12.1. The fourth-order valence-corrected chi connectivity index (χ4v) is 3.70. The molecule has 102 valence electrons. The van der Waals surface area contributed by atoms with Gasteiger partial charge in [-0.25, -0.2) is 0 Å². The van der Waals surface area contributed by atoms with Crippen LogP contribution in [0.25, 0.3) is 0 Å². The third-order valence-corrected chi connectivity index (χ3v) is 4.89. The molecule has 1 spiro atoms. The molecule has 2 rings (SSSR count). The summed E-state index contributed by atoms with van der Waals surface area (Å²) in [6.45, 7) is 0.626. The Kier molecular flexibility index (Phi) is 4.82. The van der Waals surface area contributed by atoms with Crippen molar-refractivity contribution in [1.82, 2.24) is 4.90 Å². The summed E-state index contributed by atoms with van der Waals surface area (Å²) in [6.07, 6.45) is 8.86. The van der Waals surface area contributed by atoms with Crippen LogP contribution in [0.2, 0.25) is 0 Å². The molecular formula is C14H22BrNO2. The number of likely N-dealkylation sites (tertiary alicyclic amines) is 1. The molecule has 1 aliphatic carbocycles. The quantitative estimate of drug-likeness (QED) is 0.443. The highest BCUT2D eigenvalue weighted by Crippen LogP contribution is 2.46. The fourth-order valence-electron chi connectivity index (χ4n) is 3.30. The Balaban J connectivity index is 1.86. The standard InChI is InChI=1S/C14H22BrNO2/c15-8-4-1-5-9-16-12(17)10-14(11-13(16)18)6-2-3-7-14/h1-11H2. The Hall–Kier alpha value is -0.380. The number of carbonyl (C=O) groups excluding carboxylic acids is 2. The smallest absolute Gasteiger partial charge is 0.229 e. The topological polar surface area (TPSA) is 37.4 Å². The number of unbranched alkanes of at least 4 members (excludes halogenated alkanes) is 2. The van der Waals surface area contributed by atoms with Crippen LogP contribution in [-0.4, -0.2) is 28.6 Å². The van der Waals surface area contributed by atoms with Gasteiger partial charge in [-0.1, -0.05) is 35.2 Å². The van der Waals surface area contributed by atoms with Crippen molar-refractivity contribution in [3.8, 4) is 0 Å². The molecule has 18 heavy (non-hydrogen) atoms. The largest absolute Gasteiger partial charge is 0.283 e. The molecule has 4 heteroatoms. The molecule has 0 N–H and O–H groups in total. The van der Waals surface area contributed by atoms with Crippen molar-refractivity contribution in [1.29, 1.82) is 0 Å². The minimum Gasteiger partial charge on any atom is -0.283 e. The molecule has 0 aromatic carbocycles. The predicted molar refractivity (Wildman–Crippen MR) is 74.5 cm³/mol. The van der Waals surface area contributed by atoms with Gasteiger partial charge in [0, 0.05) is 24.7 Å². The third-order valence-electron chi connectivity index (χ3n) is 4.33. The SMILES string of the molecule is O=C1CC2(CCCC2)CC(=O)N1CCCCCBr. The fraction of sp³-hybridized carbons (Fsp3) is 0.857. The van der Waals surface area contributed by atoms with E-state index in [1.165, 1.54) is 17.7 Å². The Morgan fingerprint density at radius 1 is 1.00 bits per heavy atom. The summed E-state index contributed by atoms with van der Waals surface area (Å²) in [5, 5.41) is 0.998. The van der Waals surface area contributed by atoms with Gasteiger partial charge in [0.15, 0.2) is 0 Å². The van der Waals surface area contributed by atoms with E-state index in [2.05, 4.69) is 15.9 Å². The van der Waals surface area contributed by atoms with Gasteiger partial charge < -0.3 is 0 Å². The minimum atomic E-state index is 0.0422. The molecular weight excluding hydrogens is 294 g/mol. The number of nitrogens with zero attached hydrogens (tertiary/aromatic N) is 1. The van der Waals surface area contributed by atoms with E-state index >= 15 is 0 Å². The first-order valence-corrected chi connectivity index (χ1v) is 8.18. The van der Waals surface area contributed by atoms with Gasteiger partial charge >= 0.3 is 0 Å². The number of halogens is 1. The zero-order valence-corrected chi connectivity index (χ0v) is 12.5. The molecule has 2 fully saturated rings. The molecule has 0 atom stereocenters. The van der Waals surface area contributed by atoms with Gasteiger partial charge in [0.2, 0.25) is 11.8 Å². The summed E-state index contributed by atoms with van der Waals surface area (Å²) in [4.78, 5) is 25.8. The van der Waals surface area contributed by atoms with Crippen LogP contribution < -0.4 is 0 Å². The highest BCUT2D eigenvalue weighted by atomic mass is 79.9. The summed E-state index contributed by atoms with van der Waals surface area (Å²) in [5.74, 6) is 0.152. The molecule has 1 saturated heterocycles. The van der Waals surface area contributed by atoms with E-state index in [9.17, 15) is 9.59 Å². The van der Waals surface area contributed by atoms with E-state index in [1.54, 1.807) is 0 Å². The molecule has 0 unspecified atom stereocenters. The van der Waals surface area contributed by atoms with Gasteiger partial charge in [0.1, 0.15) is 0 Å². The number of alkyl halides is 1. The molecule has 1 saturated carbocycles. The van der Waals surface area contributed by atoms with Crippen molar-refractivity contribution in [2.45, 2.75) is 57.8 Å². The van der Waals surface area contributed by atoms with Crippen molar-refractivity contribution in [2.24, 2.45) is 5.41 Å². The second-order valence-electron chi connectivity index (χ2n) is 5.75. The van der Waals surface area contributed by atoms with E-state index in [-0.39, 0.29) is 17.2 Å². The predicted octanol–water partition coefficient (Wildman–Crippen LogP) is 3.26. The van der Waals surface area contributed by atoms with E-state index in [1.807, 2.05) is 0 Å². The highest BCUT2D eigenvalue weighted by molar-refractivity contribution is 9.09. The van der Waals surface area contributed by atoms with Crippen molar-refractivity contribution in [3.05, 3.63) is 0 Å². The summed E-state index contributed by atoms with van der Waals surface area (Å²) in [5.41, 5.74) is 0.0422. The maximum atomic E-state index is 12.1. The third kappa shape index (κ3) is 3.14. The maximum Gasteiger partial charge on any atom is 0.229 e. The van der Waals surface area contributed by atoms with E-state index in [0.717, 1.165) is 37.4 Å². The monoisotopic (exact) mass is 315 g/mol. The zero-order valence-electron chi connectivity index (χ0n) is 10.9. The Morgan fingerprint density at radius 2 is 1.61 bits per heavy atom. The van der Waals surface area contributed by atoms with E-state index < -0.39 is 0 Å². The molecule has 0 radical (unpaired) electrons. The molecule has 3 nitrogen and oxygen atoms in total. The van der Waals surface area contributed by atoms with Crippen LogP contribution >= 0.6 is 15.9 Å². The van der Waals surface area contributed by atoms with Gasteiger partial charge in [-0.05, 0) is 31.1 Å². The molecule has 0 aromatic heterocycles. The number of amides is 2. The number of hydrogen-bond donors (Lipinski definition) is 0. The minimum absolute atomic E-state index is 0.0422. The lowest BCUT2D eigenvalue weighted by atomic mass is 9.76. The molecule has 1 aliphatic heterocycles. The van der Waals surface area contributed by atoms with Crippen molar-refractivity contribution < 1.29 is 9.59 Å². The van der Waals surface area contributed by atoms with Crippen LogP contribution in [0.5, 0.6) is 0 Å². The van der Waals surface area contributed by atoms with E-state index in [4.69, 9.17) is 0 Å². The second-order valence-corrected chi connectivity index (χ2v) is 6.54. The van der Waals surface area contributed by atoms with Gasteiger partial charge in [-0.2, -0.15) is 0 Å². The molecule has 2 aliphatic rings. The Bertz CT molecular complexity index is 304. The van der Waals surface area contributed by atoms with Crippen LogP contribution in [0.15, 0.2) is 0 Å². The van der Waals surface area contributed by atoms with Crippen LogP contribution in [0.3, 0.4) is 0 Å². The summed E-state index contributed by atoms with van der Waals surface area (Å²) >= 11 is 3.39. The van der Waals surface area contributed by atoms with Gasteiger partial charge in [0.05, 0.1) is 0 Å². The Morgan fingerprint density at radius 3 is 2.17 bits per heavy atom. The number of imide groups is 1. The van der Waals surface area contributed by atoms with Gasteiger partial charge in [0.25, 0.3) is 0 Å². The van der Waals surface area contributed by atoms with Crippen molar-refractivity contribution >= 4 is 27.7 Å². The number of rotatable bonds is 5. The summed E-state index contributed by atoms with van der Waals surface area (Å²) < 4.78 is 0. The lowest BCUT2D eigenvalue weighted by Gasteiger charge is -2.37. The van der Waals surface area contributed by atoms with Crippen LogP contribution in [0.4, 0.5) is 0 Å². The molecule has 1 heterocycles. The average molecular weight is 316 g/mol. The Labute approximate surface area is 117 Å². The van der Waals surface area contributed by atoms with Crippen LogP contribution in [-0.2, 0) is 9.59 Å². The van der Waals surface area contributed by atoms with Crippen molar-refractivity contribution in [2.75, 3.05) is 11.9 Å². The summed E-state index contributed by atoms with van der Waals surface area (Å²) in [7, 11) is 0. The highest BCUT2D eigenvalue weighted by Gasteiger charge is 2.44. The lowest BCUT2D eigenvalue weighted by Crippen LogP contribution is -2.47. The molecule has 2 amide bonds. The van der Waals surface area contributed by atoms with E-state index in [0.29, 0.717) is 19.4 Å². The first kappa shape index (κ1) is 14.0. The van der Waals surface area contributed by atoms with Crippen LogP contribution in [0, 0.1) is 5.41 Å². The molecule has 0 bridgehead atoms. The normalized spacial score (nSPS) is 23.1. The van der Waals surface area contributed by atoms with Crippen molar-refractivity contribution in [3.63, 3.8) is 0 Å². The lowest BCUT2D eigenvalue weighted by molar-refractivity contribution is -0.153. The number of piperidine rings is 1. The number of carbonyl (C=O) groups is 2. The first-order valence-electron chi connectivity index (χ1n) is 7.06. The molecule has 0 aromatic rings. The first-order chi connectivity index (χ1) is 8.67. The van der Waals surface area contributed by atoms with Crippen LogP contribution in [0.1, 0.15) is 57.8 Å². The van der Waals surface area contributed by atoms with Gasteiger partial charge in [-0.3, -0.25) is 14.5 Å². The average Bonchev–Trinajstić information content (AvgIpc) is 2.75. The summed E-state index contributed by atoms with van der Waals surface area (Å²) in [6, 6.07) is 0. The van der Waals surface area contributed by atoms with Gasteiger partial charge in [-0.15, -0.1) is 0 Å². The second kappa shape index (κ2) is 6.18.